The maximum atomic E-state index is 13.2. The molecule has 0 aliphatic carbocycles. The summed E-state index contributed by atoms with van der Waals surface area (Å²) in [6, 6.07) is 9.68. The summed E-state index contributed by atoms with van der Waals surface area (Å²) in [7, 11) is 0. The number of hydrogen-bond donors (Lipinski definition) is 1. The second-order valence-corrected chi connectivity index (χ2v) is 9.71. The van der Waals surface area contributed by atoms with Crippen LogP contribution in [-0.2, 0) is 20.9 Å². The lowest BCUT2D eigenvalue weighted by atomic mass is 9.70. The molecule has 0 bridgehead atoms. The van der Waals surface area contributed by atoms with E-state index in [0.717, 1.165) is 37.9 Å². The van der Waals surface area contributed by atoms with E-state index >= 15 is 0 Å². The summed E-state index contributed by atoms with van der Waals surface area (Å²) in [5, 5.41) is 3.40. The molecule has 0 radical (unpaired) electrons. The van der Waals surface area contributed by atoms with E-state index in [9.17, 15) is 9.59 Å². The van der Waals surface area contributed by atoms with Gasteiger partial charge in [0, 0.05) is 13.1 Å². The van der Waals surface area contributed by atoms with Gasteiger partial charge in [-0.05, 0) is 77.4 Å². The number of benzene rings is 1. The number of ether oxygens (including phenoxy) is 2. The van der Waals surface area contributed by atoms with E-state index in [4.69, 9.17) is 9.47 Å². The SMILES string of the molecule is CC(C)(C)OC(=O)C1(CC2CCNCC2)CCN(C(=O)OCc2ccccc2)CC1. The lowest BCUT2D eigenvalue weighted by molar-refractivity contribution is -0.172. The highest BCUT2D eigenvalue weighted by molar-refractivity contribution is 5.78. The Labute approximate surface area is 180 Å². The Balaban J connectivity index is 1.61. The quantitative estimate of drug-likeness (QED) is 0.731. The number of rotatable bonds is 5. The van der Waals surface area contributed by atoms with Gasteiger partial charge >= 0.3 is 12.1 Å². The van der Waals surface area contributed by atoms with Crippen molar-refractivity contribution < 1.29 is 19.1 Å². The summed E-state index contributed by atoms with van der Waals surface area (Å²) in [4.78, 5) is 27.5. The number of amides is 1. The Hall–Kier alpha value is -2.08. The van der Waals surface area contributed by atoms with Crippen molar-refractivity contribution in [1.82, 2.24) is 10.2 Å². The Bertz CT molecular complexity index is 700. The maximum absolute atomic E-state index is 13.2. The lowest BCUT2D eigenvalue weighted by Crippen LogP contribution is -2.49. The number of carbonyl (C=O) groups excluding carboxylic acids is 2. The van der Waals surface area contributed by atoms with Crippen LogP contribution >= 0.6 is 0 Å². The average molecular weight is 417 g/mol. The average Bonchev–Trinajstić information content (AvgIpc) is 2.73. The van der Waals surface area contributed by atoms with E-state index in [2.05, 4.69) is 5.32 Å². The highest BCUT2D eigenvalue weighted by Gasteiger charge is 2.46. The second kappa shape index (κ2) is 9.82. The van der Waals surface area contributed by atoms with Gasteiger partial charge in [-0.1, -0.05) is 30.3 Å². The van der Waals surface area contributed by atoms with E-state index in [0.29, 0.717) is 31.8 Å². The van der Waals surface area contributed by atoms with Crippen LogP contribution in [0.2, 0.25) is 0 Å². The van der Waals surface area contributed by atoms with Crippen molar-refractivity contribution in [3.63, 3.8) is 0 Å². The molecular formula is C24H36N2O4. The predicted octanol–water partition coefficient (Wildman–Crippen LogP) is 4.14. The Morgan fingerprint density at radius 3 is 2.33 bits per heavy atom. The molecule has 0 atom stereocenters. The standard InChI is InChI=1S/C24H36N2O4/c1-23(2,3)30-21(27)24(17-19-9-13-25-14-10-19)11-15-26(16-12-24)22(28)29-18-20-7-5-4-6-8-20/h4-8,19,25H,9-18H2,1-3H3. The van der Waals surface area contributed by atoms with Crippen LogP contribution in [0.15, 0.2) is 30.3 Å². The monoisotopic (exact) mass is 416 g/mol. The van der Waals surface area contributed by atoms with E-state index < -0.39 is 11.0 Å². The zero-order valence-corrected chi connectivity index (χ0v) is 18.6. The number of likely N-dealkylation sites (tertiary alicyclic amines) is 1. The van der Waals surface area contributed by atoms with Crippen LogP contribution in [0, 0.1) is 11.3 Å². The molecule has 2 saturated heterocycles. The Morgan fingerprint density at radius 1 is 1.10 bits per heavy atom. The predicted molar refractivity (Wildman–Crippen MR) is 116 cm³/mol. The van der Waals surface area contributed by atoms with E-state index in [1.807, 2.05) is 51.1 Å². The van der Waals surface area contributed by atoms with Gasteiger partial charge in [0.15, 0.2) is 0 Å². The molecule has 3 rings (SSSR count). The highest BCUT2D eigenvalue weighted by Crippen LogP contribution is 2.42. The molecule has 30 heavy (non-hydrogen) atoms. The molecule has 166 valence electrons. The molecule has 0 aromatic heterocycles. The molecule has 0 saturated carbocycles. The minimum Gasteiger partial charge on any atom is -0.460 e. The fourth-order valence-corrected chi connectivity index (χ4v) is 4.44. The lowest BCUT2D eigenvalue weighted by Gasteiger charge is -2.43. The molecule has 1 amide bonds. The first-order valence-corrected chi connectivity index (χ1v) is 11.2. The number of nitrogens with zero attached hydrogens (tertiary/aromatic N) is 1. The van der Waals surface area contributed by atoms with Gasteiger partial charge in [0.05, 0.1) is 5.41 Å². The Kier molecular flexibility index (Phi) is 7.40. The van der Waals surface area contributed by atoms with Crippen LogP contribution in [0.5, 0.6) is 0 Å². The fourth-order valence-electron chi connectivity index (χ4n) is 4.44. The van der Waals surface area contributed by atoms with Crippen molar-refractivity contribution in [2.24, 2.45) is 11.3 Å². The topological polar surface area (TPSA) is 67.9 Å². The smallest absolute Gasteiger partial charge is 0.410 e. The summed E-state index contributed by atoms with van der Waals surface area (Å²) in [6.07, 6.45) is 3.98. The number of hydrogen-bond acceptors (Lipinski definition) is 5. The van der Waals surface area contributed by atoms with E-state index in [1.165, 1.54) is 0 Å². The summed E-state index contributed by atoms with van der Waals surface area (Å²) >= 11 is 0. The van der Waals surface area contributed by atoms with Gasteiger partial charge in [0.2, 0.25) is 0 Å². The zero-order valence-electron chi connectivity index (χ0n) is 18.6. The molecular weight excluding hydrogens is 380 g/mol. The van der Waals surface area contributed by atoms with Crippen molar-refractivity contribution in [2.45, 2.75) is 65.1 Å². The number of carbonyl (C=O) groups is 2. The molecule has 0 spiro atoms. The molecule has 1 N–H and O–H groups in total. The summed E-state index contributed by atoms with van der Waals surface area (Å²) in [5.74, 6) is 0.418. The molecule has 6 nitrogen and oxygen atoms in total. The van der Waals surface area contributed by atoms with Crippen LogP contribution in [0.25, 0.3) is 0 Å². The third kappa shape index (κ3) is 6.21. The van der Waals surface area contributed by atoms with Gasteiger partial charge in [0.1, 0.15) is 12.2 Å². The molecule has 2 heterocycles. The molecule has 2 aliphatic heterocycles. The first-order valence-electron chi connectivity index (χ1n) is 11.2. The van der Waals surface area contributed by atoms with E-state index in [-0.39, 0.29) is 18.7 Å². The van der Waals surface area contributed by atoms with Crippen molar-refractivity contribution >= 4 is 12.1 Å². The van der Waals surface area contributed by atoms with Gasteiger partial charge in [0.25, 0.3) is 0 Å². The molecule has 2 fully saturated rings. The van der Waals surface area contributed by atoms with Gasteiger partial charge in [-0.15, -0.1) is 0 Å². The zero-order chi connectivity index (χ0) is 21.6. The molecule has 6 heteroatoms. The molecule has 1 aromatic rings. The summed E-state index contributed by atoms with van der Waals surface area (Å²) < 4.78 is 11.3. The van der Waals surface area contributed by atoms with Crippen molar-refractivity contribution in [1.29, 1.82) is 0 Å². The van der Waals surface area contributed by atoms with Gasteiger partial charge in [-0.25, -0.2) is 4.79 Å². The van der Waals surface area contributed by atoms with Crippen molar-refractivity contribution in [2.75, 3.05) is 26.2 Å². The molecule has 0 unspecified atom stereocenters. The van der Waals surface area contributed by atoms with Crippen molar-refractivity contribution in [3.05, 3.63) is 35.9 Å². The number of piperidine rings is 2. The third-order valence-corrected chi connectivity index (χ3v) is 6.15. The summed E-state index contributed by atoms with van der Waals surface area (Å²) in [5.41, 5.74) is -0.0491. The van der Waals surface area contributed by atoms with Gasteiger partial charge < -0.3 is 19.7 Å². The third-order valence-electron chi connectivity index (χ3n) is 6.15. The van der Waals surface area contributed by atoms with Crippen LogP contribution in [0.1, 0.15) is 58.4 Å². The first kappa shape index (κ1) is 22.6. The number of nitrogens with one attached hydrogen (secondary N) is 1. The highest BCUT2D eigenvalue weighted by atomic mass is 16.6. The maximum Gasteiger partial charge on any atom is 0.410 e. The number of esters is 1. The second-order valence-electron chi connectivity index (χ2n) is 9.71. The van der Waals surface area contributed by atoms with Crippen LogP contribution < -0.4 is 5.32 Å². The minimum absolute atomic E-state index is 0.106. The minimum atomic E-state index is -0.510. The van der Waals surface area contributed by atoms with E-state index in [1.54, 1.807) is 4.90 Å². The summed E-state index contributed by atoms with van der Waals surface area (Å²) in [6.45, 7) is 9.08. The largest absolute Gasteiger partial charge is 0.460 e. The molecule has 1 aromatic carbocycles. The van der Waals surface area contributed by atoms with Gasteiger partial charge in [-0.2, -0.15) is 0 Å². The van der Waals surface area contributed by atoms with Gasteiger partial charge in [-0.3, -0.25) is 4.79 Å². The van der Waals surface area contributed by atoms with Crippen LogP contribution in [0.3, 0.4) is 0 Å². The Morgan fingerprint density at radius 2 is 1.73 bits per heavy atom. The fraction of sp³-hybridized carbons (Fsp3) is 0.667. The van der Waals surface area contributed by atoms with Crippen LogP contribution in [0.4, 0.5) is 4.79 Å². The van der Waals surface area contributed by atoms with Crippen molar-refractivity contribution in [3.8, 4) is 0 Å². The molecule has 2 aliphatic rings. The normalized spacial score (nSPS) is 19.9. The van der Waals surface area contributed by atoms with Crippen LogP contribution in [-0.4, -0.2) is 48.7 Å². The first-order chi connectivity index (χ1) is 14.3.